The van der Waals surface area contributed by atoms with Gasteiger partial charge in [0, 0.05) is 31.0 Å². The van der Waals surface area contributed by atoms with Crippen molar-refractivity contribution >= 4 is 23.0 Å². The number of para-hydroxylation sites is 1. The summed E-state index contributed by atoms with van der Waals surface area (Å²) in [6, 6.07) is 16.0. The second-order valence-electron chi connectivity index (χ2n) is 5.82. The summed E-state index contributed by atoms with van der Waals surface area (Å²) in [7, 11) is 1.86. The van der Waals surface area contributed by atoms with Crippen molar-refractivity contribution in [3.63, 3.8) is 0 Å². The van der Waals surface area contributed by atoms with Crippen LogP contribution in [0.3, 0.4) is 0 Å². The van der Waals surface area contributed by atoms with Crippen molar-refractivity contribution in [3.8, 4) is 11.4 Å². The largest absolute Gasteiger partial charge is 0.435 e. The molecule has 1 N–H and O–H groups in total. The first-order valence-electron chi connectivity index (χ1n) is 8.17. The summed E-state index contributed by atoms with van der Waals surface area (Å²) in [4.78, 5) is 1.87. The van der Waals surface area contributed by atoms with E-state index in [2.05, 4.69) is 15.2 Å². The van der Waals surface area contributed by atoms with E-state index in [1.807, 2.05) is 48.5 Å². The molecule has 140 valence electrons. The molecule has 0 aliphatic carbocycles. The maximum atomic E-state index is 12.2. The fraction of sp³-hybridized carbons (Fsp3) is 0.158. The van der Waals surface area contributed by atoms with Crippen LogP contribution in [0.4, 0.5) is 14.5 Å². The fourth-order valence-corrected chi connectivity index (χ4v) is 2.63. The second-order valence-corrected chi connectivity index (χ2v) is 6.20. The van der Waals surface area contributed by atoms with Crippen LogP contribution in [-0.2, 0) is 6.54 Å². The molecule has 0 unspecified atom stereocenters. The van der Waals surface area contributed by atoms with Gasteiger partial charge in [0.05, 0.1) is 11.9 Å². The predicted octanol–water partition coefficient (Wildman–Crippen LogP) is 4.30. The van der Waals surface area contributed by atoms with Crippen LogP contribution in [0.1, 0.15) is 5.56 Å². The highest BCUT2D eigenvalue weighted by atomic mass is 32.1. The third-order valence-corrected chi connectivity index (χ3v) is 4.17. The molecule has 1 aromatic heterocycles. The monoisotopic (exact) mass is 388 g/mol. The zero-order valence-corrected chi connectivity index (χ0v) is 15.4. The van der Waals surface area contributed by atoms with Gasteiger partial charge in [-0.2, -0.15) is 13.9 Å². The Labute approximate surface area is 161 Å². The molecule has 0 saturated carbocycles. The highest BCUT2D eigenvalue weighted by molar-refractivity contribution is 7.80. The Kier molecular flexibility index (Phi) is 5.97. The Morgan fingerprint density at radius 3 is 2.56 bits per heavy atom. The molecule has 5 nitrogen and oxygen atoms in total. The molecule has 0 fully saturated rings. The van der Waals surface area contributed by atoms with Gasteiger partial charge in [0.25, 0.3) is 0 Å². The van der Waals surface area contributed by atoms with E-state index in [1.165, 1.54) is 12.1 Å². The second kappa shape index (κ2) is 8.59. The minimum atomic E-state index is -2.84. The van der Waals surface area contributed by atoms with Crippen molar-refractivity contribution < 1.29 is 13.5 Å². The Hall–Kier alpha value is -3.00. The average molecular weight is 388 g/mol. The Balaban J connectivity index is 1.57. The van der Waals surface area contributed by atoms with Crippen LogP contribution in [0.5, 0.6) is 5.75 Å². The third-order valence-electron chi connectivity index (χ3n) is 3.75. The number of hydrogen-bond donors (Lipinski definition) is 1. The molecule has 0 bridgehead atoms. The van der Waals surface area contributed by atoms with Crippen molar-refractivity contribution in [3.05, 3.63) is 72.6 Å². The van der Waals surface area contributed by atoms with Crippen LogP contribution >= 0.6 is 12.2 Å². The molecular formula is C19H18F2N4OS. The molecule has 0 spiro atoms. The molecule has 3 rings (SSSR count). The van der Waals surface area contributed by atoms with Crippen molar-refractivity contribution in [2.24, 2.45) is 0 Å². The fourth-order valence-electron chi connectivity index (χ4n) is 2.45. The van der Waals surface area contributed by atoms with Crippen molar-refractivity contribution in [2.45, 2.75) is 13.2 Å². The number of rotatable bonds is 6. The third kappa shape index (κ3) is 5.24. The molecule has 2 aromatic carbocycles. The van der Waals surface area contributed by atoms with Crippen LogP contribution in [0, 0.1) is 0 Å². The van der Waals surface area contributed by atoms with Crippen molar-refractivity contribution in [1.29, 1.82) is 0 Å². The number of thiocarbonyl (C=S) groups is 1. The van der Waals surface area contributed by atoms with Crippen LogP contribution < -0.4 is 10.1 Å². The molecule has 0 aliphatic rings. The molecular weight excluding hydrogens is 370 g/mol. The average Bonchev–Trinajstić information content (AvgIpc) is 3.12. The molecule has 0 amide bonds. The van der Waals surface area contributed by atoms with Crippen LogP contribution in [0.15, 0.2) is 67.0 Å². The van der Waals surface area contributed by atoms with E-state index in [9.17, 15) is 8.78 Å². The smallest absolute Gasteiger partial charge is 0.387 e. The van der Waals surface area contributed by atoms with E-state index in [1.54, 1.807) is 23.0 Å². The highest BCUT2D eigenvalue weighted by Gasteiger charge is 2.09. The lowest BCUT2D eigenvalue weighted by Crippen LogP contribution is -2.30. The molecule has 3 aromatic rings. The molecule has 0 radical (unpaired) electrons. The van der Waals surface area contributed by atoms with Crippen LogP contribution in [0.2, 0.25) is 0 Å². The van der Waals surface area contributed by atoms with Gasteiger partial charge >= 0.3 is 6.61 Å². The van der Waals surface area contributed by atoms with E-state index in [-0.39, 0.29) is 5.75 Å². The summed E-state index contributed by atoms with van der Waals surface area (Å²) in [6.07, 6.45) is 3.74. The molecule has 27 heavy (non-hydrogen) atoms. The number of anilines is 1. The highest BCUT2D eigenvalue weighted by Crippen LogP contribution is 2.18. The molecule has 0 atom stereocenters. The number of halogens is 2. The number of nitrogens with zero attached hydrogens (tertiary/aromatic N) is 3. The molecule has 1 heterocycles. The number of hydrogen-bond acceptors (Lipinski definition) is 3. The lowest BCUT2D eigenvalue weighted by Gasteiger charge is -2.20. The predicted molar refractivity (Wildman–Crippen MR) is 104 cm³/mol. The minimum Gasteiger partial charge on any atom is -0.435 e. The first-order valence-corrected chi connectivity index (χ1v) is 8.58. The van der Waals surface area contributed by atoms with Crippen LogP contribution in [0.25, 0.3) is 5.69 Å². The Morgan fingerprint density at radius 1 is 1.19 bits per heavy atom. The van der Waals surface area contributed by atoms with Crippen molar-refractivity contribution in [2.75, 3.05) is 12.4 Å². The number of alkyl halides is 2. The first kappa shape index (κ1) is 18.8. The first-order chi connectivity index (χ1) is 13.0. The quantitative estimate of drug-likeness (QED) is 0.638. The summed E-state index contributed by atoms with van der Waals surface area (Å²) in [5, 5.41) is 7.94. The van der Waals surface area contributed by atoms with Gasteiger partial charge in [-0.25, -0.2) is 4.68 Å². The van der Waals surface area contributed by atoms with Gasteiger partial charge in [-0.15, -0.1) is 0 Å². The summed E-state index contributed by atoms with van der Waals surface area (Å²) < 4.78 is 30.5. The topological polar surface area (TPSA) is 42.3 Å². The summed E-state index contributed by atoms with van der Waals surface area (Å²) in [5.41, 5.74) is 2.68. The van der Waals surface area contributed by atoms with Gasteiger partial charge < -0.3 is 15.0 Å². The number of nitrogens with one attached hydrogen (secondary N) is 1. The lowest BCUT2D eigenvalue weighted by molar-refractivity contribution is -0.0498. The standard InChI is InChI=1S/C19H18F2N4OS/c1-24(12-14-11-22-25(13-14)16-5-3-2-4-6-16)19(27)23-15-7-9-17(10-8-15)26-18(20)21/h2-11,13,18H,12H2,1H3,(H,23,27). The van der Waals surface area contributed by atoms with E-state index in [0.717, 1.165) is 11.3 Å². The Morgan fingerprint density at radius 2 is 1.89 bits per heavy atom. The van der Waals surface area contributed by atoms with Gasteiger partial charge in [-0.3, -0.25) is 0 Å². The summed E-state index contributed by atoms with van der Waals surface area (Å²) in [6.45, 7) is -2.27. The molecule has 0 saturated heterocycles. The van der Waals surface area contributed by atoms with Gasteiger partial charge in [0.1, 0.15) is 5.75 Å². The lowest BCUT2D eigenvalue weighted by atomic mass is 10.3. The van der Waals surface area contributed by atoms with Crippen molar-refractivity contribution in [1.82, 2.24) is 14.7 Å². The summed E-state index contributed by atoms with van der Waals surface area (Å²) >= 11 is 5.40. The minimum absolute atomic E-state index is 0.100. The van der Waals surface area contributed by atoms with E-state index < -0.39 is 6.61 Å². The van der Waals surface area contributed by atoms with E-state index in [0.29, 0.717) is 17.3 Å². The number of ether oxygens (including phenoxy) is 1. The number of aromatic nitrogens is 2. The zero-order valence-electron chi connectivity index (χ0n) is 14.5. The van der Waals surface area contributed by atoms with Gasteiger partial charge in [-0.1, -0.05) is 18.2 Å². The molecule has 0 aliphatic heterocycles. The Bertz CT molecular complexity index is 884. The van der Waals surface area contributed by atoms with Gasteiger partial charge in [-0.05, 0) is 48.6 Å². The molecule has 8 heteroatoms. The maximum absolute atomic E-state index is 12.2. The van der Waals surface area contributed by atoms with Crippen LogP contribution in [-0.4, -0.2) is 33.5 Å². The summed E-state index contributed by atoms with van der Waals surface area (Å²) in [5.74, 6) is 0.100. The van der Waals surface area contributed by atoms with E-state index in [4.69, 9.17) is 12.2 Å². The SMILES string of the molecule is CN(Cc1cnn(-c2ccccc2)c1)C(=S)Nc1ccc(OC(F)F)cc1. The number of benzene rings is 2. The van der Waals surface area contributed by atoms with Gasteiger partial charge in [0.2, 0.25) is 0 Å². The zero-order chi connectivity index (χ0) is 19.2. The normalized spacial score (nSPS) is 10.7. The maximum Gasteiger partial charge on any atom is 0.387 e. The van der Waals surface area contributed by atoms with Gasteiger partial charge in [0.15, 0.2) is 5.11 Å². The van der Waals surface area contributed by atoms with E-state index >= 15 is 0 Å².